The molecule has 0 aromatic heterocycles. The van der Waals surface area contributed by atoms with E-state index in [-0.39, 0.29) is 6.10 Å². The Kier molecular flexibility index (Phi) is 1.73. The topological polar surface area (TPSA) is 33.0 Å². The molecule has 0 saturated carbocycles. The number of nitriles is 1. The van der Waals surface area contributed by atoms with E-state index in [0.717, 1.165) is 11.3 Å². The van der Waals surface area contributed by atoms with Crippen molar-refractivity contribution in [1.82, 2.24) is 0 Å². The molecular weight excluding hydrogens is 162 g/mol. The Bertz CT molecular complexity index is 378. The van der Waals surface area contributed by atoms with Crippen molar-refractivity contribution in [1.29, 1.82) is 5.26 Å². The van der Waals surface area contributed by atoms with E-state index in [0.29, 0.717) is 11.5 Å². The van der Waals surface area contributed by atoms with Crippen LogP contribution in [0, 0.1) is 11.3 Å². The van der Waals surface area contributed by atoms with Crippen LogP contribution in [0.5, 0.6) is 5.75 Å². The Labute approximate surface area is 77.8 Å². The van der Waals surface area contributed by atoms with Gasteiger partial charge in [0, 0.05) is 11.5 Å². The SMILES string of the molecule is CC1Oc2c(C#N)cccc2C1C. The molecular formula is C11H11NO. The Hall–Kier alpha value is -1.49. The van der Waals surface area contributed by atoms with Gasteiger partial charge in [0.2, 0.25) is 0 Å². The third-order valence-corrected chi connectivity index (χ3v) is 2.66. The van der Waals surface area contributed by atoms with Crippen LogP contribution in [-0.2, 0) is 0 Å². The van der Waals surface area contributed by atoms with Gasteiger partial charge in [-0.05, 0) is 13.0 Å². The monoisotopic (exact) mass is 173 g/mol. The van der Waals surface area contributed by atoms with Gasteiger partial charge in [-0.3, -0.25) is 0 Å². The lowest BCUT2D eigenvalue weighted by Crippen LogP contribution is -2.10. The first-order valence-electron chi connectivity index (χ1n) is 4.43. The second-order valence-electron chi connectivity index (χ2n) is 3.45. The highest BCUT2D eigenvalue weighted by Crippen LogP contribution is 2.39. The first-order valence-corrected chi connectivity index (χ1v) is 4.43. The number of fused-ring (bicyclic) bond motifs is 1. The molecule has 1 aromatic carbocycles. The molecule has 0 radical (unpaired) electrons. The Morgan fingerprint density at radius 3 is 2.85 bits per heavy atom. The summed E-state index contributed by atoms with van der Waals surface area (Å²) in [5.41, 5.74) is 1.81. The normalized spacial score (nSPS) is 24.7. The number of nitrogens with zero attached hydrogens (tertiary/aromatic N) is 1. The maximum Gasteiger partial charge on any atom is 0.141 e. The van der Waals surface area contributed by atoms with E-state index in [1.165, 1.54) is 0 Å². The highest BCUT2D eigenvalue weighted by atomic mass is 16.5. The fourth-order valence-corrected chi connectivity index (χ4v) is 1.67. The van der Waals surface area contributed by atoms with Crippen LogP contribution in [0.25, 0.3) is 0 Å². The molecule has 1 aliphatic rings. The van der Waals surface area contributed by atoms with Crippen molar-refractivity contribution < 1.29 is 4.74 Å². The molecule has 0 fully saturated rings. The van der Waals surface area contributed by atoms with Crippen LogP contribution in [0.1, 0.15) is 30.9 Å². The van der Waals surface area contributed by atoms with Gasteiger partial charge in [-0.15, -0.1) is 0 Å². The second kappa shape index (κ2) is 2.77. The minimum absolute atomic E-state index is 0.185. The van der Waals surface area contributed by atoms with Crippen molar-refractivity contribution in [3.63, 3.8) is 0 Å². The van der Waals surface area contributed by atoms with E-state index in [2.05, 4.69) is 13.0 Å². The van der Waals surface area contributed by atoms with Crippen molar-refractivity contribution in [2.24, 2.45) is 0 Å². The highest BCUT2D eigenvalue weighted by molar-refractivity contribution is 5.52. The number of hydrogen-bond donors (Lipinski definition) is 0. The summed E-state index contributed by atoms with van der Waals surface area (Å²) in [7, 11) is 0. The molecule has 1 aromatic rings. The van der Waals surface area contributed by atoms with Gasteiger partial charge in [0.1, 0.15) is 17.9 Å². The molecule has 1 aliphatic heterocycles. The average molecular weight is 173 g/mol. The van der Waals surface area contributed by atoms with E-state index in [1.807, 2.05) is 19.1 Å². The van der Waals surface area contributed by atoms with Crippen molar-refractivity contribution in [3.05, 3.63) is 29.3 Å². The molecule has 2 unspecified atom stereocenters. The van der Waals surface area contributed by atoms with Crippen molar-refractivity contribution in [2.45, 2.75) is 25.9 Å². The molecule has 2 nitrogen and oxygen atoms in total. The summed E-state index contributed by atoms with van der Waals surface area (Å²) >= 11 is 0. The van der Waals surface area contributed by atoms with Gasteiger partial charge >= 0.3 is 0 Å². The van der Waals surface area contributed by atoms with Crippen molar-refractivity contribution in [2.75, 3.05) is 0 Å². The summed E-state index contributed by atoms with van der Waals surface area (Å²) in [5, 5.41) is 8.84. The van der Waals surface area contributed by atoms with E-state index in [4.69, 9.17) is 10.00 Å². The molecule has 66 valence electrons. The van der Waals surface area contributed by atoms with Crippen LogP contribution in [0.4, 0.5) is 0 Å². The number of rotatable bonds is 0. The lowest BCUT2D eigenvalue weighted by molar-refractivity contribution is 0.232. The standard InChI is InChI=1S/C11H11NO/c1-7-8(2)13-11-9(6-12)4-3-5-10(7)11/h3-5,7-8H,1-2H3. The molecule has 0 N–H and O–H groups in total. The Morgan fingerprint density at radius 2 is 2.15 bits per heavy atom. The molecule has 2 atom stereocenters. The summed E-state index contributed by atoms with van der Waals surface area (Å²) in [6.45, 7) is 4.16. The summed E-state index contributed by atoms with van der Waals surface area (Å²) in [4.78, 5) is 0. The van der Waals surface area contributed by atoms with Crippen LogP contribution in [0.3, 0.4) is 0 Å². The van der Waals surface area contributed by atoms with Gasteiger partial charge in [-0.25, -0.2) is 0 Å². The van der Waals surface area contributed by atoms with Gasteiger partial charge in [-0.2, -0.15) is 5.26 Å². The second-order valence-corrected chi connectivity index (χ2v) is 3.45. The highest BCUT2D eigenvalue weighted by Gasteiger charge is 2.28. The first-order chi connectivity index (χ1) is 6.24. The minimum Gasteiger partial charge on any atom is -0.488 e. The van der Waals surface area contributed by atoms with Crippen LogP contribution in [0.2, 0.25) is 0 Å². The van der Waals surface area contributed by atoms with Gasteiger partial charge in [0.05, 0.1) is 5.56 Å². The van der Waals surface area contributed by atoms with Gasteiger partial charge in [0.15, 0.2) is 0 Å². The number of ether oxygens (including phenoxy) is 1. The van der Waals surface area contributed by atoms with E-state index in [1.54, 1.807) is 6.07 Å². The third kappa shape index (κ3) is 1.08. The lowest BCUT2D eigenvalue weighted by atomic mass is 9.97. The van der Waals surface area contributed by atoms with Crippen molar-refractivity contribution in [3.8, 4) is 11.8 Å². The largest absolute Gasteiger partial charge is 0.488 e. The van der Waals surface area contributed by atoms with Crippen LogP contribution in [0.15, 0.2) is 18.2 Å². The fourth-order valence-electron chi connectivity index (χ4n) is 1.67. The van der Waals surface area contributed by atoms with Crippen molar-refractivity contribution >= 4 is 0 Å². The Balaban J connectivity index is 2.57. The predicted molar refractivity (Wildman–Crippen MR) is 49.7 cm³/mol. The first kappa shape index (κ1) is 8.12. The molecule has 0 amide bonds. The molecule has 2 rings (SSSR count). The van der Waals surface area contributed by atoms with Gasteiger partial charge in [0.25, 0.3) is 0 Å². The summed E-state index contributed by atoms with van der Waals surface area (Å²) in [6, 6.07) is 7.88. The molecule has 0 aliphatic carbocycles. The molecule has 0 spiro atoms. The van der Waals surface area contributed by atoms with Crippen LogP contribution in [-0.4, -0.2) is 6.10 Å². The van der Waals surface area contributed by atoms with Crippen LogP contribution < -0.4 is 4.74 Å². The number of hydrogen-bond acceptors (Lipinski definition) is 2. The molecule has 0 bridgehead atoms. The predicted octanol–water partition coefficient (Wildman–Crippen LogP) is 2.44. The molecule has 0 saturated heterocycles. The smallest absolute Gasteiger partial charge is 0.141 e. The summed E-state index contributed by atoms with van der Waals surface area (Å²) in [6.07, 6.45) is 0.185. The maximum absolute atomic E-state index is 8.84. The van der Waals surface area contributed by atoms with E-state index >= 15 is 0 Å². The maximum atomic E-state index is 8.84. The minimum atomic E-state index is 0.185. The Morgan fingerprint density at radius 1 is 1.38 bits per heavy atom. The number of benzene rings is 1. The summed E-state index contributed by atoms with van der Waals surface area (Å²) in [5.74, 6) is 1.17. The zero-order valence-electron chi connectivity index (χ0n) is 7.74. The quantitative estimate of drug-likeness (QED) is 0.603. The van der Waals surface area contributed by atoms with E-state index < -0.39 is 0 Å². The molecule has 13 heavy (non-hydrogen) atoms. The lowest BCUT2D eigenvalue weighted by Gasteiger charge is -2.07. The van der Waals surface area contributed by atoms with Gasteiger partial charge < -0.3 is 4.74 Å². The zero-order valence-corrected chi connectivity index (χ0v) is 7.74. The molecule has 2 heteroatoms. The third-order valence-electron chi connectivity index (χ3n) is 2.66. The average Bonchev–Trinajstić information content (AvgIpc) is 2.43. The van der Waals surface area contributed by atoms with Crippen LogP contribution >= 0.6 is 0 Å². The fraction of sp³-hybridized carbons (Fsp3) is 0.364. The zero-order chi connectivity index (χ0) is 9.42. The summed E-state index contributed by atoms with van der Waals surface area (Å²) < 4.78 is 5.62. The molecule has 1 heterocycles. The van der Waals surface area contributed by atoms with Gasteiger partial charge in [-0.1, -0.05) is 19.1 Å². The number of para-hydroxylation sites is 1. The van der Waals surface area contributed by atoms with E-state index in [9.17, 15) is 0 Å².